The van der Waals surface area contributed by atoms with Gasteiger partial charge in [-0.2, -0.15) is 0 Å². The van der Waals surface area contributed by atoms with Crippen molar-refractivity contribution in [3.05, 3.63) is 89.9 Å². The fourth-order valence-corrected chi connectivity index (χ4v) is 6.07. The van der Waals surface area contributed by atoms with E-state index < -0.39 is 15.8 Å². The molecule has 0 saturated carbocycles. The third-order valence-corrected chi connectivity index (χ3v) is 8.38. The summed E-state index contributed by atoms with van der Waals surface area (Å²) in [6, 6.07) is 17.7. The number of halogens is 2. The summed E-state index contributed by atoms with van der Waals surface area (Å²) in [5.41, 5.74) is 2.54. The van der Waals surface area contributed by atoms with Gasteiger partial charge in [0.15, 0.2) is 11.6 Å². The molecule has 1 saturated heterocycles. The van der Waals surface area contributed by atoms with Gasteiger partial charge in [-0.1, -0.05) is 24.3 Å². The van der Waals surface area contributed by atoms with Gasteiger partial charge in [-0.25, -0.2) is 16.8 Å². The van der Waals surface area contributed by atoms with Crippen molar-refractivity contribution in [2.45, 2.75) is 30.7 Å². The highest BCUT2D eigenvalue weighted by Gasteiger charge is 2.24. The van der Waals surface area contributed by atoms with E-state index in [2.05, 4.69) is 10.2 Å². The Morgan fingerprint density at radius 3 is 2.42 bits per heavy atom. The Hall–Kier alpha value is -3.56. The number of hydrogen-bond donors (Lipinski definition) is 1. The van der Waals surface area contributed by atoms with Crippen molar-refractivity contribution in [3.8, 4) is 5.75 Å². The van der Waals surface area contributed by atoms with Gasteiger partial charge in [-0.3, -0.25) is 4.79 Å². The molecule has 1 aromatic heterocycles. The molecule has 2 heterocycles. The van der Waals surface area contributed by atoms with Crippen LogP contribution < -0.4 is 15.0 Å². The predicted molar refractivity (Wildman–Crippen MR) is 148 cm³/mol. The summed E-state index contributed by atoms with van der Waals surface area (Å²) in [5, 5.41) is 3.67. The molecule has 10 heteroatoms. The molecule has 0 aliphatic carbocycles. The number of hydrogen-bond acceptors (Lipinski definition) is 5. The van der Waals surface area contributed by atoms with E-state index >= 15 is 0 Å². The number of benzene rings is 3. The molecule has 0 atom stereocenters. The molecule has 5 rings (SSSR count). The predicted octanol–water partition coefficient (Wildman–Crippen LogP) is 5.37. The maximum atomic E-state index is 13.6. The van der Waals surface area contributed by atoms with Crippen molar-refractivity contribution in [3.63, 3.8) is 0 Å². The number of ether oxygens (including phenoxy) is 1. The minimum absolute atomic E-state index is 0. The van der Waals surface area contributed by atoms with Crippen LogP contribution >= 0.6 is 12.4 Å². The molecule has 0 bridgehead atoms. The average molecular weight is 558 g/mol. The van der Waals surface area contributed by atoms with Gasteiger partial charge in [-0.15, -0.1) is 12.4 Å². The fourth-order valence-electron chi connectivity index (χ4n) is 4.71. The number of anilines is 1. The van der Waals surface area contributed by atoms with Crippen molar-refractivity contribution >= 4 is 44.9 Å². The lowest BCUT2D eigenvalue weighted by molar-refractivity contribution is 0.0950. The molecular weight excluding hydrogens is 529 g/mol. The molecule has 3 aromatic carbocycles. The lowest BCUT2D eigenvalue weighted by Gasteiger charge is -2.28. The summed E-state index contributed by atoms with van der Waals surface area (Å²) in [6.45, 7) is 1.98. The third-order valence-electron chi connectivity index (χ3n) is 6.70. The van der Waals surface area contributed by atoms with Gasteiger partial charge in [0.1, 0.15) is 0 Å². The normalized spacial score (nSPS) is 13.7. The number of methoxy groups -OCH3 is 1. The SMILES string of the molecule is COc1cc(CNC(=O)c2ccc(S(=O)(=O)n3cc(N4CCCCC4)c4ccccc43)cc2)ccc1F.Cl. The van der Waals surface area contributed by atoms with Crippen molar-refractivity contribution in [1.82, 2.24) is 9.29 Å². The number of amides is 1. The summed E-state index contributed by atoms with van der Waals surface area (Å²) >= 11 is 0. The number of aromatic nitrogens is 1. The highest BCUT2D eigenvalue weighted by molar-refractivity contribution is 7.90. The molecule has 1 N–H and O–H groups in total. The minimum Gasteiger partial charge on any atom is -0.494 e. The first-order valence-electron chi connectivity index (χ1n) is 12.2. The summed E-state index contributed by atoms with van der Waals surface area (Å²) in [6.07, 6.45) is 5.07. The largest absolute Gasteiger partial charge is 0.494 e. The number of piperidine rings is 1. The topological polar surface area (TPSA) is 80.6 Å². The molecular formula is C28H29ClFN3O4S. The Morgan fingerprint density at radius 1 is 1.00 bits per heavy atom. The van der Waals surface area contributed by atoms with Crippen LogP contribution in [0.25, 0.3) is 10.9 Å². The summed E-state index contributed by atoms with van der Waals surface area (Å²) in [5.74, 6) is -0.749. The molecule has 0 spiro atoms. The van der Waals surface area contributed by atoms with Gasteiger partial charge in [0, 0.05) is 36.8 Å². The fraction of sp³-hybridized carbons (Fsp3) is 0.250. The molecule has 0 unspecified atom stereocenters. The van der Waals surface area contributed by atoms with Crippen LogP contribution in [0.4, 0.5) is 10.1 Å². The molecule has 1 aliphatic rings. The first-order valence-corrected chi connectivity index (χ1v) is 13.6. The van der Waals surface area contributed by atoms with E-state index in [0.29, 0.717) is 16.6 Å². The van der Waals surface area contributed by atoms with Crippen LogP contribution in [0, 0.1) is 5.82 Å². The molecule has 7 nitrogen and oxygen atoms in total. The second kappa shape index (κ2) is 11.4. The highest BCUT2D eigenvalue weighted by atomic mass is 35.5. The van der Waals surface area contributed by atoms with Crippen LogP contribution in [0.15, 0.2) is 77.8 Å². The Labute approximate surface area is 227 Å². The quantitative estimate of drug-likeness (QED) is 0.330. The maximum Gasteiger partial charge on any atom is 0.268 e. The number of carbonyl (C=O) groups excluding carboxylic acids is 1. The van der Waals surface area contributed by atoms with E-state index in [1.54, 1.807) is 12.3 Å². The molecule has 200 valence electrons. The zero-order valence-electron chi connectivity index (χ0n) is 20.9. The zero-order chi connectivity index (χ0) is 26.0. The first kappa shape index (κ1) is 27.5. The van der Waals surface area contributed by atoms with Crippen molar-refractivity contribution in [2.75, 3.05) is 25.1 Å². The van der Waals surface area contributed by atoms with E-state index in [0.717, 1.165) is 37.0 Å². The summed E-state index contributed by atoms with van der Waals surface area (Å²) in [7, 11) is -2.51. The first-order chi connectivity index (χ1) is 17.9. The Balaban J connectivity index is 0.00000336. The van der Waals surface area contributed by atoms with Gasteiger partial charge < -0.3 is 15.0 Å². The maximum absolute atomic E-state index is 13.6. The zero-order valence-corrected chi connectivity index (χ0v) is 22.5. The standard InChI is InChI=1S/C28H28FN3O4S.ClH/c1-36-27-17-20(9-14-24(27)29)18-30-28(33)21-10-12-22(13-11-21)37(34,35)32-19-26(31-15-5-2-6-16-31)23-7-3-4-8-25(23)32;/h3-4,7-14,17,19H,2,5-6,15-16,18H2,1H3,(H,30,33);1H. The smallest absolute Gasteiger partial charge is 0.268 e. The summed E-state index contributed by atoms with van der Waals surface area (Å²) in [4.78, 5) is 15.0. The summed E-state index contributed by atoms with van der Waals surface area (Å²) < 4.78 is 47.2. The third kappa shape index (κ3) is 5.35. The number of carbonyl (C=O) groups is 1. The number of para-hydroxylation sites is 1. The van der Waals surface area contributed by atoms with Crippen molar-refractivity contribution in [1.29, 1.82) is 0 Å². The van der Waals surface area contributed by atoms with E-state index in [1.165, 1.54) is 53.9 Å². The van der Waals surface area contributed by atoms with E-state index in [-0.39, 0.29) is 35.5 Å². The van der Waals surface area contributed by atoms with E-state index in [4.69, 9.17) is 4.74 Å². The molecule has 1 amide bonds. The van der Waals surface area contributed by atoms with Gasteiger partial charge in [0.05, 0.1) is 23.2 Å². The lowest BCUT2D eigenvalue weighted by atomic mass is 10.1. The van der Waals surface area contributed by atoms with Gasteiger partial charge >= 0.3 is 0 Å². The lowest BCUT2D eigenvalue weighted by Crippen LogP contribution is -2.29. The molecule has 38 heavy (non-hydrogen) atoms. The van der Waals surface area contributed by atoms with Crippen molar-refractivity contribution < 1.29 is 22.3 Å². The van der Waals surface area contributed by atoms with Crippen LogP contribution in [0.5, 0.6) is 5.75 Å². The highest BCUT2D eigenvalue weighted by Crippen LogP contribution is 2.33. The molecule has 1 fully saturated rings. The van der Waals surface area contributed by atoms with Gasteiger partial charge in [0.2, 0.25) is 0 Å². The number of rotatable bonds is 7. The van der Waals surface area contributed by atoms with Gasteiger partial charge in [0.25, 0.3) is 15.9 Å². The number of nitrogens with one attached hydrogen (secondary N) is 1. The van der Waals surface area contributed by atoms with E-state index in [1.807, 2.05) is 24.3 Å². The van der Waals surface area contributed by atoms with E-state index in [9.17, 15) is 17.6 Å². The Bertz CT molecular complexity index is 1550. The number of nitrogens with zero attached hydrogens (tertiary/aromatic N) is 2. The average Bonchev–Trinajstić information content (AvgIpc) is 3.33. The van der Waals surface area contributed by atoms with Crippen LogP contribution in [0.1, 0.15) is 35.2 Å². The Kier molecular flexibility index (Phi) is 8.28. The Morgan fingerprint density at radius 2 is 1.71 bits per heavy atom. The molecule has 1 aliphatic heterocycles. The van der Waals surface area contributed by atoms with Gasteiger partial charge in [-0.05, 0) is 67.3 Å². The second-order valence-electron chi connectivity index (χ2n) is 9.06. The van der Waals surface area contributed by atoms with Crippen LogP contribution in [0.3, 0.4) is 0 Å². The van der Waals surface area contributed by atoms with Crippen LogP contribution in [0.2, 0.25) is 0 Å². The van der Waals surface area contributed by atoms with Crippen molar-refractivity contribution in [2.24, 2.45) is 0 Å². The molecule has 4 aromatic rings. The monoisotopic (exact) mass is 557 g/mol. The second-order valence-corrected chi connectivity index (χ2v) is 10.9. The van der Waals surface area contributed by atoms with Crippen LogP contribution in [-0.4, -0.2) is 38.5 Å². The number of fused-ring (bicyclic) bond motifs is 1. The minimum atomic E-state index is -3.88. The molecule has 0 radical (unpaired) electrons. The van der Waals surface area contributed by atoms with Crippen LogP contribution in [-0.2, 0) is 16.6 Å².